The van der Waals surface area contributed by atoms with Crippen LogP contribution in [0.25, 0.3) is 28.1 Å². The number of halogens is 1. The van der Waals surface area contributed by atoms with Crippen molar-refractivity contribution in [2.24, 2.45) is 0 Å². The third-order valence-electron chi connectivity index (χ3n) is 7.03. The Bertz CT molecular complexity index is 1760. The lowest BCUT2D eigenvalue weighted by Crippen LogP contribution is -2.24. The number of tetrazole rings is 1. The van der Waals surface area contributed by atoms with Crippen molar-refractivity contribution < 1.29 is 9.90 Å². The highest BCUT2D eigenvalue weighted by Crippen LogP contribution is 2.35. The number of aromatic amines is 1. The maximum Gasteiger partial charge on any atom is 0.411 e. The SMILES string of the molecule is Cc1[nH]c(C2CCc3cc(-c4cc(Cl)ccc4-n4cnnn4)cc(=O)n32)nc1-c1ccc(N(C)C(=O)O)cc1. The molecule has 1 unspecified atom stereocenters. The maximum atomic E-state index is 13.5. The summed E-state index contributed by atoms with van der Waals surface area (Å²) >= 11 is 6.31. The second kappa shape index (κ2) is 9.52. The molecule has 1 amide bonds. The molecular formula is C27H23ClN8O3. The minimum Gasteiger partial charge on any atom is -0.465 e. The van der Waals surface area contributed by atoms with Crippen LogP contribution in [-0.2, 0) is 6.42 Å². The van der Waals surface area contributed by atoms with E-state index in [1.165, 1.54) is 13.4 Å². The minimum absolute atomic E-state index is 0.135. The quantitative estimate of drug-likeness (QED) is 0.334. The van der Waals surface area contributed by atoms with E-state index in [2.05, 4.69) is 20.5 Å². The van der Waals surface area contributed by atoms with E-state index < -0.39 is 6.09 Å². The first-order valence-electron chi connectivity index (χ1n) is 12.2. The van der Waals surface area contributed by atoms with Crippen molar-refractivity contribution in [3.05, 3.63) is 93.5 Å². The molecule has 3 aromatic heterocycles. The number of H-pyrrole nitrogens is 1. The number of pyridine rings is 1. The lowest BCUT2D eigenvalue weighted by atomic mass is 10.0. The standard InChI is InChI=1S/C27H23ClN8O3/c1-15-25(16-3-6-19(7-4-16)34(2)27(38)39)31-26(30-15)23-10-8-20-11-17(12-24(37)36(20)23)21-13-18(28)5-9-22(21)35-14-29-32-33-35/h3-7,9,11-14,23H,8,10H2,1-2H3,(H,30,31)(H,38,39). The van der Waals surface area contributed by atoms with Gasteiger partial charge in [-0.05, 0) is 72.2 Å². The minimum atomic E-state index is -1.03. The van der Waals surface area contributed by atoms with Crippen molar-refractivity contribution in [1.29, 1.82) is 0 Å². The number of benzene rings is 2. The normalized spacial score (nSPS) is 14.4. The van der Waals surface area contributed by atoms with E-state index in [1.807, 2.05) is 31.2 Å². The Morgan fingerprint density at radius 3 is 2.64 bits per heavy atom. The molecule has 4 heterocycles. The van der Waals surface area contributed by atoms with Gasteiger partial charge in [0, 0.05) is 46.3 Å². The Kier molecular flexibility index (Phi) is 5.99. The average molecular weight is 543 g/mol. The lowest BCUT2D eigenvalue weighted by molar-refractivity contribution is 0.203. The van der Waals surface area contributed by atoms with Gasteiger partial charge < -0.3 is 14.7 Å². The largest absolute Gasteiger partial charge is 0.465 e. The molecule has 2 N–H and O–H groups in total. The molecule has 1 aliphatic heterocycles. The fraction of sp³-hybridized carbons (Fsp3) is 0.185. The molecule has 0 aliphatic carbocycles. The first-order chi connectivity index (χ1) is 18.8. The number of carbonyl (C=O) groups is 1. The fourth-order valence-corrected chi connectivity index (χ4v) is 5.27. The van der Waals surface area contributed by atoms with Crippen LogP contribution in [0.15, 0.2) is 65.7 Å². The van der Waals surface area contributed by atoms with Gasteiger partial charge in [0.2, 0.25) is 0 Å². The highest BCUT2D eigenvalue weighted by atomic mass is 35.5. The Balaban J connectivity index is 1.35. The Morgan fingerprint density at radius 2 is 1.92 bits per heavy atom. The number of aromatic nitrogens is 7. The maximum absolute atomic E-state index is 13.5. The number of nitrogens with one attached hydrogen (secondary N) is 1. The lowest BCUT2D eigenvalue weighted by Gasteiger charge is -2.15. The Hall–Kier alpha value is -4.77. The van der Waals surface area contributed by atoms with Crippen molar-refractivity contribution in [3.63, 3.8) is 0 Å². The fourth-order valence-electron chi connectivity index (χ4n) is 5.10. The van der Waals surface area contributed by atoms with Gasteiger partial charge in [0.05, 0.1) is 17.4 Å². The summed E-state index contributed by atoms with van der Waals surface area (Å²) in [7, 11) is 1.49. The predicted molar refractivity (Wildman–Crippen MR) is 146 cm³/mol. The van der Waals surface area contributed by atoms with E-state index in [0.29, 0.717) is 23.0 Å². The number of amides is 1. The summed E-state index contributed by atoms with van der Waals surface area (Å²) in [4.78, 5) is 34.1. The Morgan fingerprint density at radius 1 is 1.13 bits per heavy atom. The van der Waals surface area contributed by atoms with Crippen molar-refractivity contribution in [2.75, 3.05) is 11.9 Å². The first kappa shape index (κ1) is 24.6. The van der Waals surface area contributed by atoms with Gasteiger partial charge in [0.15, 0.2) is 0 Å². The van der Waals surface area contributed by atoms with Crippen molar-refractivity contribution in [2.45, 2.75) is 25.8 Å². The number of aryl methyl sites for hydroxylation is 2. The van der Waals surface area contributed by atoms with E-state index in [9.17, 15) is 14.7 Å². The van der Waals surface area contributed by atoms with Gasteiger partial charge in [-0.3, -0.25) is 9.69 Å². The van der Waals surface area contributed by atoms with E-state index >= 15 is 0 Å². The summed E-state index contributed by atoms with van der Waals surface area (Å²) in [6.45, 7) is 1.94. The molecule has 196 valence electrons. The average Bonchev–Trinajstić information content (AvgIpc) is 3.68. The molecule has 0 fully saturated rings. The summed E-state index contributed by atoms with van der Waals surface area (Å²) in [6, 6.07) is 15.9. The third kappa shape index (κ3) is 4.36. The molecule has 0 bridgehead atoms. The molecule has 11 nitrogen and oxygen atoms in total. The van der Waals surface area contributed by atoms with Crippen LogP contribution in [0.2, 0.25) is 5.02 Å². The molecule has 2 aromatic carbocycles. The van der Waals surface area contributed by atoms with E-state index in [0.717, 1.165) is 50.8 Å². The molecule has 0 spiro atoms. The summed E-state index contributed by atoms with van der Waals surface area (Å²) in [5, 5.41) is 21.2. The summed E-state index contributed by atoms with van der Waals surface area (Å²) in [5.74, 6) is 0.708. The molecular weight excluding hydrogens is 520 g/mol. The smallest absolute Gasteiger partial charge is 0.411 e. The zero-order valence-corrected chi connectivity index (χ0v) is 21.8. The van der Waals surface area contributed by atoms with Crippen LogP contribution in [-0.4, -0.2) is 53.0 Å². The van der Waals surface area contributed by atoms with Gasteiger partial charge >= 0.3 is 6.09 Å². The second-order valence-corrected chi connectivity index (χ2v) is 9.83. The summed E-state index contributed by atoms with van der Waals surface area (Å²) in [6.07, 6.45) is 1.90. The number of carboxylic acid groups (broad SMARTS) is 1. The van der Waals surface area contributed by atoms with Crippen LogP contribution < -0.4 is 10.5 Å². The van der Waals surface area contributed by atoms with Crippen molar-refractivity contribution in [3.8, 4) is 28.1 Å². The molecule has 0 radical (unpaired) electrons. The van der Waals surface area contributed by atoms with Gasteiger partial charge in [-0.15, -0.1) is 5.10 Å². The van der Waals surface area contributed by atoms with Crippen molar-refractivity contribution in [1.82, 2.24) is 34.7 Å². The number of rotatable bonds is 5. The number of anilines is 1. The molecule has 39 heavy (non-hydrogen) atoms. The van der Waals surface area contributed by atoms with Crippen LogP contribution in [0.5, 0.6) is 0 Å². The molecule has 0 saturated heterocycles. The highest BCUT2D eigenvalue weighted by Gasteiger charge is 2.29. The molecule has 0 saturated carbocycles. The third-order valence-corrected chi connectivity index (χ3v) is 7.27. The van der Waals surface area contributed by atoms with E-state index in [4.69, 9.17) is 16.6 Å². The van der Waals surface area contributed by atoms with Gasteiger partial charge in [0.1, 0.15) is 12.2 Å². The van der Waals surface area contributed by atoms with Gasteiger partial charge in [-0.1, -0.05) is 23.7 Å². The summed E-state index contributed by atoms with van der Waals surface area (Å²) < 4.78 is 3.33. The van der Waals surface area contributed by atoms with Gasteiger partial charge in [0.25, 0.3) is 5.56 Å². The van der Waals surface area contributed by atoms with Crippen LogP contribution >= 0.6 is 11.6 Å². The number of fused-ring (bicyclic) bond motifs is 1. The van der Waals surface area contributed by atoms with Crippen molar-refractivity contribution >= 4 is 23.4 Å². The van der Waals surface area contributed by atoms with Crippen LogP contribution in [0.3, 0.4) is 0 Å². The number of imidazole rings is 1. The number of nitrogens with zero attached hydrogens (tertiary/aromatic N) is 7. The van der Waals surface area contributed by atoms with Crippen LogP contribution in [0.1, 0.15) is 29.7 Å². The van der Waals surface area contributed by atoms with E-state index in [1.54, 1.807) is 39.6 Å². The predicted octanol–water partition coefficient (Wildman–Crippen LogP) is 4.49. The monoisotopic (exact) mass is 542 g/mol. The molecule has 6 rings (SSSR count). The Labute approximate surface area is 227 Å². The summed E-state index contributed by atoms with van der Waals surface area (Å²) in [5.41, 5.74) is 6.03. The molecule has 1 aliphatic rings. The molecule has 12 heteroatoms. The second-order valence-electron chi connectivity index (χ2n) is 9.40. The topological polar surface area (TPSA) is 135 Å². The highest BCUT2D eigenvalue weighted by molar-refractivity contribution is 6.31. The van der Waals surface area contributed by atoms with Crippen LogP contribution in [0.4, 0.5) is 10.5 Å². The van der Waals surface area contributed by atoms with Gasteiger partial charge in [-0.2, -0.15) is 4.68 Å². The molecule has 5 aromatic rings. The first-order valence-corrected chi connectivity index (χ1v) is 12.6. The van der Waals surface area contributed by atoms with Gasteiger partial charge in [-0.25, -0.2) is 9.78 Å². The van der Waals surface area contributed by atoms with Crippen LogP contribution in [0, 0.1) is 6.92 Å². The zero-order valence-electron chi connectivity index (χ0n) is 21.0. The number of hydrogen-bond donors (Lipinski definition) is 2. The zero-order chi connectivity index (χ0) is 27.3. The number of hydrogen-bond acceptors (Lipinski definition) is 6. The van der Waals surface area contributed by atoms with E-state index in [-0.39, 0.29) is 11.6 Å². The molecule has 1 atom stereocenters.